The highest BCUT2D eigenvalue weighted by Crippen LogP contribution is 2.26. The number of nitrogens with one attached hydrogen (secondary N) is 1. The summed E-state index contributed by atoms with van der Waals surface area (Å²) in [6.07, 6.45) is 2.41. The summed E-state index contributed by atoms with van der Waals surface area (Å²) >= 11 is 1.01. The second kappa shape index (κ2) is 10.2. The Kier molecular flexibility index (Phi) is 7.56. The van der Waals surface area contributed by atoms with E-state index in [1.165, 1.54) is 0 Å². The Morgan fingerprint density at radius 1 is 1.16 bits per heavy atom. The van der Waals surface area contributed by atoms with Crippen molar-refractivity contribution in [1.82, 2.24) is 10.3 Å². The summed E-state index contributed by atoms with van der Waals surface area (Å²) in [6.45, 7) is 7.59. The molecule has 2 heterocycles. The van der Waals surface area contributed by atoms with Crippen molar-refractivity contribution in [1.29, 1.82) is 0 Å². The van der Waals surface area contributed by atoms with Crippen molar-refractivity contribution < 1.29 is 23.9 Å². The molecule has 0 radical (unpaired) electrons. The van der Waals surface area contributed by atoms with Crippen LogP contribution in [0.2, 0.25) is 0 Å². The lowest BCUT2D eigenvalue weighted by molar-refractivity contribution is -0.160. The predicted molar refractivity (Wildman–Crippen MR) is 122 cm³/mol. The highest BCUT2D eigenvalue weighted by molar-refractivity contribution is 8.15. The topological polar surface area (TPSA) is 94.6 Å². The van der Waals surface area contributed by atoms with Gasteiger partial charge in [0, 0.05) is 17.5 Å². The van der Waals surface area contributed by atoms with Gasteiger partial charge in [-0.05, 0) is 57.4 Å². The van der Waals surface area contributed by atoms with E-state index in [9.17, 15) is 14.4 Å². The number of imide groups is 1. The first-order chi connectivity index (χ1) is 15.2. The van der Waals surface area contributed by atoms with Crippen LogP contribution < -0.4 is 10.1 Å². The molecule has 1 N–H and O–H groups in total. The summed E-state index contributed by atoms with van der Waals surface area (Å²) in [5.74, 6) is 0.0396. The number of aryl methyl sites for hydroxylation is 1. The Hall–Kier alpha value is -2.87. The largest absolute Gasteiger partial charge is 0.489 e. The summed E-state index contributed by atoms with van der Waals surface area (Å²) in [5.41, 5.74) is 2.02. The van der Waals surface area contributed by atoms with Crippen LogP contribution >= 0.6 is 11.8 Å². The molecule has 0 aliphatic carbocycles. The third kappa shape index (κ3) is 6.32. The third-order valence-corrected chi connectivity index (χ3v) is 5.94. The maximum atomic E-state index is 12.5. The fraction of sp³-hybridized carbons (Fsp3) is 0.417. The highest BCUT2D eigenvalue weighted by Gasteiger charge is 2.31. The molecule has 170 valence electrons. The molecular weight excluding hydrogens is 428 g/mol. The average molecular weight is 457 g/mol. The predicted octanol–water partition coefficient (Wildman–Crippen LogP) is 4.25. The minimum absolute atomic E-state index is 0.143. The lowest BCUT2D eigenvalue weighted by Crippen LogP contribution is -2.27. The quantitative estimate of drug-likeness (QED) is 0.594. The number of aromatic nitrogens is 1. The molecule has 1 aromatic carbocycles. The fourth-order valence-electron chi connectivity index (χ4n) is 2.98. The van der Waals surface area contributed by atoms with Crippen LogP contribution in [0.3, 0.4) is 0 Å². The second-order valence-corrected chi connectivity index (χ2v) is 9.80. The van der Waals surface area contributed by atoms with E-state index in [1.807, 2.05) is 31.2 Å². The van der Waals surface area contributed by atoms with Gasteiger partial charge in [0.25, 0.3) is 5.24 Å². The zero-order valence-corrected chi connectivity index (χ0v) is 19.5. The van der Waals surface area contributed by atoms with Crippen molar-refractivity contribution in [3.05, 3.63) is 59.4 Å². The number of benzene rings is 1. The van der Waals surface area contributed by atoms with E-state index in [0.717, 1.165) is 35.0 Å². The molecule has 1 aromatic heterocycles. The number of nitrogens with zero attached hydrogens (tertiary/aromatic N) is 1. The molecule has 0 bridgehead atoms. The number of hydrogen-bond acceptors (Lipinski definition) is 7. The molecular formula is C24H28N2O5S. The first kappa shape index (κ1) is 23.8. The Morgan fingerprint density at radius 2 is 1.88 bits per heavy atom. The number of amides is 2. The summed E-state index contributed by atoms with van der Waals surface area (Å²) in [7, 11) is 0. The zero-order chi connectivity index (χ0) is 23.3. The van der Waals surface area contributed by atoms with Crippen LogP contribution in [0.4, 0.5) is 4.79 Å². The summed E-state index contributed by atoms with van der Waals surface area (Å²) in [6, 6.07) is 11.2. The van der Waals surface area contributed by atoms with E-state index in [-0.39, 0.29) is 23.7 Å². The van der Waals surface area contributed by atoms with Crippen molar-refractivity contribution in [3.63, 3.8) is 0 Å². The van der Waals surface area contributed by atoms with Crippen LogP contribution in [0.1, 0.15) is 50.6 Å². The van der Waals surface area contributed by atoms with E-state index >= 15 is 0 Å². The van der Waals surface area contributed by atoms with E-state index < -0.39 is 16.8 Å². The van der Waals surface area contributed by atoms with E-state index in [0.29, 0.717) is 12.2 Å². The molecule has 1 fully saturated rings. The van der Waals surface area contributed by atoms with Gasteiger partial charge in [-0.2, -0.15) is 0 Å². The van der Waals surface area contributed by atoms with Crippen molar-refractivity contribution >= 4 is 28.9 Å². The SMILES string of the molecule is CCc1ccc([C@H](COc2ccc(CC3SC(=O)NC3=O)cc2)OC(=O)C(C)(C)C)cn1. The molecule has 0 saturated carbocycles. The Labute approximate surface area is 192 Å². The van der Waals surface area contributed by atoms with Crippen molar-refractivity contribution in [2.75, 3.05) is 6.61 Å². The number of esters is 1. The third-order valence-electron chi connectivity index (χ3n) is 4.96. The molecule has 8 heteroatoms. The normalized spacial score (nSPS) is 17.1. The number of carbonyl (C=O) groups is 3. The summed E-state index contributed by atoms with van der Waals surface area (Å²) in [5, 5.41) is 1.58. The number of pyridine rings is 1. The number of thioether (sulfide) groups is 1. The lowest BCUT2D eigenvalue weighted by Gasteiger charge is -2.24. The van der Waals surface area contributed by atoms with E-state index in [1.54, 1.807) is 39.1 Å². The molecule has 1 aliphatic rings. The smallest absolute Gasteiger partial charge is 0.311 e. The fourth-order valence-corrected chi connectivity index (χ4v) is 3.83. The van der Waals surface area contributed by atoms with Gasteiger partial charge in [0.1, 0.15) is 12.4 Å². The molecule has 7 nitrogen and oxygen atoms in total. The first-order valence-corrected chi connectivity index (χ1v) is 11.4. The van der Waals surface area contributed by atoms with Crippen molar-refractivity contribution in [2.24, 2.45) is 5.41 Å². The molecule has 2 amide bonds. The molecule has 0 spiro atoms. The van der Waals surface area contributed by atoms with Gasteiger partial charge in [-0.3, -0.25) is 24.7 Å². The van der Waals surface area contributed by atoms with Crippen LogP contribution in [0.5, 0.6) is 5.75 Å². The maximum absolute atomic E-state index is 12.5. The molecule has 2 aromatic rings. The summed E-state index contributed by atoms with van der Waals surface area (Å²) in [4.78, 5) is 40.0. The monoisotopic (exact) mass is 456 g/mol. The molecule has 2 atom stereocenters. The highest BCUT2D eigenvalue weighted by atomic mass is 32.2. The maximum Gasteiger partial charge on any atom is 0.311 e. The minimum atomic E-state index is -0.636. The first-order valence-electron chi connectivity index (χ1n) is 10.5. The van der Waals surface area contributed by atoms with Crippen LogP contribution in [-0.4, -0.2) is 34.0 Å². The van der Waals surface area contributed by atoms with Gasteiger partial charge in [0.05, 0.1) is 10.7 Å². The average Bonchev–Trinajstić information content (AvgIpc) is 3.08. The number of hydrogen-bond donors (Lipinski definition) is 1. The summed E-state index contributed by atoms with van der Waals surface area (Å²) < 4.78 is 11.7. The van der Waals surface area contributed by atoms with Crippen LogP contribution in [0, 0.1) is 5.41 Å². The number of carbonyl (C=O) groups excluding carboxylic acids is 3. The van der Waals surface area contributed by atoms with E-state index in [2.05, 4.69) is 10.3 Å². The molecule has 1 saturated heterocycles. The standard InChI is InChI=1S/C24H28N2O5S/c1-5-17-9-8-16(13-25-17)19(31-22(28)24(2,3)4)14-30-18-10-6-15(7-11-18)12-20-21(27)26-23(29)32-20/h6-11,13,19-20H,5,12,14H2,1-4H3,(H,26,27,29)/t19-,20?/m0/s1. The van der Waals surface area contributed by atoms with Crippen LogP contribution in [-0.2, 0) is 27.2 Å². The number of ether oxygens (including phenoxy) is 2. The Morgan fingerprint density at radius 3 is 2.41 bits per heavy atom. The Bertz CT molecular complexity index is 967. The molecule has 1 unspecified atom stereocenters. The van der Waals surface area contributed by atoms with Gasteiger partial charge in [-0.25, -0.2) is 0 Å². The van der Waals surface area contributed by atoms with Gasteiger partial charge in [0.2, 0.25) is 5.91 Å². The van der Waals surface area contributed by atoms with Crippen molar-refractivity contribution in [3.8, 4) is 5.75 Å². The van der Waals surface area contributed by atoms with Crippen LogP contribution in [0.15, 0.2) is 42.6 Å². The molecule has 32 heavy (non-hydrogen) atoms. The van der Waals surface area contributed by atoms with Gasteiger partial charge < -0.3 is 9.47 Å². The van der Waals surface area contributed by atoms with E-state index in [4.69, 9.17) is 9.47 Å². The van der Waals surface area contributed by atoms with Crippen LogP contribution in [0.25, 0.3) is 0 Å². The number of rotatable bonds is 8. The molecule has 3 rings (SSSR count). The van der Waals surface area contributed by atoms with Gasteiger partial charge in [-0.1, -0.05) is 36.9 Å². The zero-order valence-electron chi connectivity index (χ0n) is 18.7. The lowest BCUT2D eigenvalue weighted by atomic mass is 9.97. The molecule has 1 aliphatic heterocycles. The Balaban J connectivity index is 1.66. The van der Waals surface area contributed by atoms with Crippen molar-refractivity contribution in [2.45, 2.75) is 51.9 Å². The van der Waals surface area contributed by atoms with Gasteiger partial charge in [-0.15, -0.1) is 0 Å². The second-order valence-electron chi connectivity index (χ2n) is 8.62. The minimum Gasteiger partial charge on any atom is -0.489 e. The van der Waals surface area contributed by atoms with Gasteiger partial charge in [0.15, 0.2) is 6.10 Å². The van der Waals surface area contributed by atoms with Gasteiger partial charge >= 0.3 is 5.97 Å².